The van der Waals surface area contributed by atoms with E-state index in [0.717, 1.165) is 13.0 Å². The fraction of sp³-hybridized carbons (Fsp3) is 1.00. The lowest BCUT2D eigenvalue weighted by Gasteiger charge is -2.11. The van der Waals surface area contributed by atoms with E-state index in [-0.39, 0.29) is 9.68 Å². The number of hydrogen-bond donors (Lipinski definition) is 3. The summed E-state index contributed by atoms with van der Waals surface area (Å²) in [5, 5.41) is 8.84. The largest absolute Gasteiger partial charge is 0.355 e. The van der Waals surface area contributed by atoms with E-state index in [2.05, 4.69) is 12.2 Å². The lowest BCUT2D eigenvalue weighted by molar-refractivity contribution is 0.623. The van der Waals surface area contributed by atoms with Gasteiger partial charge in [0.2, 0.25) is 0 Å². The van der Waals surface area contributed by atoms with Crippen molar-refractivity contribution >= 4 is 9.68 Å². The third-order valence-electron chi connectivity index (χ3n) is 1.35. The summed E-state index contributed by atoms with van der Waals surface area (Å²) in [5.74, 6) is 0. The van der Waals surface area contributed by atoms with Crippen LogP contribution in [0.4, 0.5) is 0 Å². The number of nitrogens with one attached hydrogen (secondary N) is 1. The lowest BCUT2D eigenvalue weighted by atomic mass is 10.4. The van der Waals surface area contributed by atoms with Crippen molar-refractivity contribution in [3.8, 4) is 0 Å². The average Bonchev–Trinajstić information content (AvgIpc) is 1.91. The van der Waals surface area contributed by atoms with Gasteiger partial charge in [-0.05, 0) is 6.42 Å². The first-order valence-electron chi connectivity index (χ1n) is 3.48. The average molecular weight is 147 g/mol. The SMILES string of the molecule is CCC(NCCN)[SiH2]N. The first kappa shape index (κ1) is 9.10. The summed E-state index contributed by atoms with van der Waals surface area (Å²) in [4.78, 5) is 0. The van der Waals surface area contributed by atoms with Crippen molar-refractivity contribution in [1.29, 1.82) is 0 Å². The molecule has 1 atom stereocenters. The van der Waals surface area contributed by atoms with Gasteiger partial charge in [-0.3, -0.25) is 0 Å². The molecule has 0 aliphatic heterocycles. The molecule has 9 heavy (non-hydrogen) atoms. The molecule has 0 saturated heterocycles. The van der Waals surface area contributed by atoms with Gasteiger partial charge < -0.3 is 16.4 Å². The highest BCUT2D eigenvalue weighted by molar-refractivity contribution is 6.33. The van der Waals surface area contributed by atoms with Crippen molar-refractivity contribution in [2.75, 3.05) is 13.1 Å². The quantitative estimate of drug-likeness (QED) is 0.407. The van der Waals surface area contributed by atoms with Gasteiger partial charge in [0, 0.05) is 18.8 Å². The Labute approximate surface area is 59.1 Å². The van der Waals surface area contributed by atoms with Gasteiger partial charge in [-0.2, -0.15) is 0 Å². The predicted molar refractivity (Wildman–Crippen MR) is 43.9 cm³/mol. The summed E-state index contributed by atoms with van der Waals surface area (Å²) in [6.07, 6.45) is 1.14. The van der Waals surface area contributed by atoms with Crippen LogP contribution in [0.3, 0.4) is 0 Å². The van der Waals surface area contributed by atoms with Crippen LogP contribution < -0.4 is 16.4 Å². The molecule has 0 aliphatic rings. The van der Waals surface area contributed by atoms with E-state index in [1.165, 1.54) is 0 Å². The fourth-order valence-electron chi connectivity index (χ4n) is 0.682. The molecule has 0 spiro atoms. The van der Waals surface area contributed by atoms with E-state index >= 15 is 0 Å². The third kappa shape index (κ3) is 4.59. The second-order valence-corrected chi connectivity index (χ2v) is 3.54. The van der Waals surface area contributed by atoms with E-state index < -0.39 is 0 Å². The van der Waals surface area contributed by atoms with Crippen LogP contribution in [-0.4, -0.2) is 28.4 Å². The highest BCUT2D eigenvalue weighted by Crippen LogP contribution is 1.82. The smallest absolute Gasteiger partial charge is 0.106 e. The van der Waals surface area contributed by atoms with Crippen LogP contribution in [-0.2, 0) is 0 Å². The molecule has 0 heterocycles. The Bertz CT molecular complexity index is 56.2. The Kier molecular flexibility index (Phi) is 6.29. The van der Waals surface area contributed by atoms with Gasteiger partial charge in [0.05, 0.1) is 0 Å². The standard InChI is InChI=1S/C5H17N3Si/c1-2-5(9-7)8-4-3-6/h5,8H,2-4,6-7,9H2,1H3. The van der Waals surface area contributed by atoms with Gasteiger partial charge in [0.1, 0.15) is 9.68 Å². The van der Waals surface area contributed by atoms with Crippen LogP contribution in [0.25, 0.3) is 0 Å². The van der Waals surface area contributed by atoms with E-state index in [0.29, 0.717) is 12.2 Å². The molecule has 5 N–H and O–H groups in total. The molecule has 56 valence electrons. The Morgan fingerprint density at radius 3 is 2.67 bits per heavy atom. The zero-order chi connectivity index (χ0) is 7.11. The topological polar surface area (TPSA) is 64.1 Å². The van der Waals surface area contributed by atoms with E-state index in [1.54, 1.807) is 0 Å². The minimum atomic E-state index is -0.359. The summed E-state index contributed by atoms with van der Waals surface area (Å²) in [7, 11) is -0.359. The molecule has 0 saturated carbocycles. The molecule has 0 aromatic heterocycles. The zero-order valence-electron chi connectivity index (χ0n) is 6.06. The maximum Gasteiger partial charge on any atom is 0.106 e. The zero-order valence-corrected chi connectivity index (χ0v) is 7.47. The molecule has 0 rings (SSSR count). The molecule has 0 aliphatic carbocycles. The van der Waals surface area contributed by atoms with Crippen molar-refractivity contribution in [2.24, 2.45) is 11.1 Å². The number of hydrogen-bond acceptors (Lipinski definition) is 3. The molecular weight excluding hydrogens is 130 g/mol. The highest BCUT2D eigenvalue weighted by atomic mass is 28.2. The molecule has 1 unspecified atom stereocenters. The third-order valence-corrected chi connectivity index (χ3v) is 2.79. The van der Waals surface area contributed by atoms with Crippen LogP contribution >= 0.6 is 0 Å². The summed E-state index contributed by atoms with van der Waals surface area (Å²) in [6.45, 7) is 3.77. The predicted octanol–water partition coefficient (Wildman–Crippen LogP) is -1.69. The Morgan fingerprint density at radius 2 is 2.33 bits per heavy atom. The second-order valence-electron chi connectivity index (χ2n) is 2.08. The minimum absolute atomic E-state index is 0.359. The van der Waals surface area contributed by atoms with Crippen LogP contribution in [0.5, 0.6) is 0 Å². The number of rotatable bonds is 5. The van der Waals surface area contributed by atoms with Gasteiger partial charge >= 0.3 is 0 Å². The maximum absolute atomic E-state index is 5.56. The molecule has 3 nitrogen and oxygen atoms in total. The minimum Gasteiger partial charge on any atom is -0.355 e. The summed E-state index contributed by atoms with van der Waals surface area (Å²) < 4.78 is 0. The molecule has 0 bridgehead atoms. The monoisotopic (exact) mass is 147 g/mol. The van der Waals surface area contributed by atoms with Crippen molar-refractivity contribution < 1.29 is 0 Å². The van der Waals surface area contributed by atoms with Crippen LogP contribution in [0.15, 0.2) is 0 Å². The van der Waals surface area contributed by atoms with Crippen LogP contribution in [0.1, 0.15) is 13.3 Å². The summed E-state index contributed by atoms with van der Waals surface area (Å²) in [5.41, 5.74) is 5.89. The van der Waals surface area contributed by atoms with E-state index in [9.17, 15) is 0 Å². The Balaban J connectivity index is 3.09. The van der Waals surface area contributed by atoms with Crippen molar-refractivity contribution in [1.82, 2.24) is 5.32 Å². The van der Waals surface area contributed by atoms with Crippen molar-refractivity contribution in [3.05, 3.63) is 0 Å². The maximum atomic E-state index is 5.56. The molecule has 0 fully saturated rings. The molecule has 0 aromatic rings. The van der Waals surface area contributed by atoms with Gasteiger partial charge in [-0.15, -0.1) is 0 Å². The summed E-state index contributed by atoms with van der Waals surface area (Å²) in [6, 6.07) is 0. The first-order valence-corrected chi connectivity index (χ1v) is 5.12. The molecule has 0 radical (unpaired) electrons. The molecule has 0 aromatic carbocycles. The van der Waals surface area contributed by atoms with Crippen molar-refractivity contribution in [2.45, 2.75) is 19.0 Å². The highest BCUT2D eigenvalue weighted by Gasteiger charge is 1.99. The fourth-order valence-corrected chi connectivity index (χ4v) is 1.39. The number of nitrogens with two attached hydrogens (primary N) is 2. The Morgan fingerprint density at radius 1 is 1.67 bits per heavy atom. The normalized spacial score (nSPS) is 15.0. The van der Waals surface area contributed by atoms with Gasteiger partial charge in [0.15, 0.2) is 0 Å². The van der Waals surface area contributed by atoms with Gasteiger partial charge in [0.25, 0.3) is 0 Å². The summed E-state index contributed by atoms with van der Waals surface area (Å²) >= 11 is 0. The van der Waals surface area contributed by atoms with E-state index in [1.807, 2.05) is 0 Å². The van der Waals surface area contributed by atoms with E-state index in [4.69, 9.17) is 11.1 Å². The Hall–Kier alpha value is 0.0969. The van der Waals surface area contributed by atoms with Gasteiger partial charge in [-0.25, -0.2) is 0 Å². The van der Waals surface area contributed by atoms with Crippen molar-refractivity contribution in [3.63, 3.8) is 0 Å². The van der Waals surface area contributed by atoms with Gasteiger partial charge in [-0.1, -0.05) is 6.92 Å². The molecule has 4 heteroatoms. The lowest BCUT2D eigenvalue weighted by Crippen LogP contribution is -2.40. The molecule has 0 amide bonds. The van der Waals surface area contributed by atoms with Crippen LogP contribution in [0, 0.1) is 0 Å². The van der Waals surface area contributed by atoms with Crippen LogP contribution in [0.2, 0.25) is 0 Å². The second kappa shape index (κ2) is 6.22. The molecular formula is C5H17N3Si. The first-order chi connectivity index (χ1) is 4.35.